The first-order valence-electron chi connectivity index (χ1n) is 7.29. The number of nitrogens with one attached hydrogen (secondary N) is 2. The van der Waals surface area contributed by atoms with Gasteiger partial charge in [-0.1, -0.05) is 6.07 Å². The largest absolute Gasteiger partial charge is 0.416 e. The molecule has 0 unspecified atom stereocenters. The standard InChI is InChI=1S/C17H13F3N4O/c1-10(25)23-13-5-6-15-14(8-13)16(22-9-21-15)24-12-4-2-3-11(7-12)17(18,19)20/h2-9H,1H3,(H,23,25)(H,21,22,24). The maximum Gasteiger partial charge on any atom is 0.416 e. The summed E-state index contributed by atoms with van der Waals surface area (Å²) in [5.41, 5.74) is 0.634. The first-order valence-corrected chi connectivity index (χ1v) is 7.29. The van der Waals surface area contributed by atoms with Gasteiger partial charge in [0.15, 0.2) is 0 Å². The van der Waals surface area contributed by atoms with Crippen LogP contribution in [0.5, 0.6) is 0 Å². The van der Waals surface area contributed by atoms with E-state index in [2.05, 4.69) is 20.6 Å². The van der Waals surface area contributed by atoms with Crippen molar-refractivity contribution < 1.29 is 18.0 Å². The number of aromatic nitrogens is 2. The minimum atomic E-state index is -4.43. The molecule has 2 aromatic carbocycles. The van der Waals surface area contributed by atoms with Crippen molar-refractivity contribution >= 4 is 34.0 Å². The number of fused-ring (bicyclic) bond motifs is 1. The maximum absolute atomic E-state index is 12.8. The fourth-order valence-electron chi connectivity index (χ4n) is 2.35. The summed E-state index contributed by atoms with van der Waals surface area (Å²) in [6.07, 6.45) is -3.11. The molecule has 2 N–H and O–H groups in total. The lowest BCUT2D eigenvalue weighted by Gasteiger charge is -2.12. The number of benzene rings is 2. The van der Waals surface area contributed by atoms with Crippen molar-refractivity contribution in [3.05, 3.63) is 54.4 Å². The Morgan fingerprint density at radius 1 is 1.04 bits per heavy atom. The molecule has 8 heteroatoms. The van der Waals surface area contributed by atoms with E-state index in [0.717, 1.165) is 12.1 Å². The highest BCUT2D eigenvalue weighted by Gasteiger charge is 2.30. The van der Waals surface area contributed by atoms with Gasteiger partial charge in [-0.2, -0.15) is 13.2 Å². The van der Waals surface area contributed by atoms with E-state index in [1.165, 1.54) is 25.4 Å². The van der Waals surface area contributed by atoms with Crippen LogP contribution < -0.4 is 10.6 Å². The SMILES string of the molecule is CC(=O)Nc1ccc2ncnc(Nc3cccc(C(F)(F)F)c3)c2c1. The van der Waals surface area contributed by atoms with Crippen molar-refractivity contribution in [1.82, 2.24) is 9.97 Å². The van der Waals surface area contributed by atoms with Crippen LogP contribution in [0.1, 0.15) is 12.5 Å². The predicted molar refractivity (Wildman–Crippen MR) is 88.6 cm³/mol. The number of amides is 1. The minimum Gasteiger partial charge on any atom is -0.340 e. The quantitative estimate of drug-likeness (QED) is 0.740. The topological polar surface area (TPSA) is 66.9 Å². The zero-order valence-corrected chi connectivity index (χ0v) is 13.1. The van der Waals surface area contributed by atoms with Gasteiger partial charge in [0.05, 0.1) is 11.1 Å². The van der Waals surface area contributed by atoms with Crippen molar-refractivity contribution in [2.75, 3.05) is 10.6 Å². The van der Waals surface area contributed by atoms with Gasteiger partial charge in [0.25, 0.3) is 0 Å². The molecule has 5 nitrogen and oxygen atoms in total. The van der Waals surface area contributed by atoms with Gasteiger partial charge in [0.1, 0.15) is 12.1 Å². The van der Waals surface area contributed by atoms with Crippen LogP contribution in [0.4, 0.5) is 30.4 Å². The van der Waals surface area contributed by atoms with Gasteiger partial charge in [-0.3, -0.25) is 4.79 Å². The molecule has 0 saturated heterocycles. The first kappa shape index (κ1) is 16.7. The lowest BCUT2D eigenvalue weighted by Crippen LogP contribution is -2.06. The molecule has 0 saturated carbocycles. The maximum atomic E-state index is 12.8. The van der Waals surface area contributed by atoms with E-state index in [1.807, 2.05) is 0 Å². The lowest BCUT2D eigenvalue weighted by molar-refractivity contribution is -0.137. The molecule has 1 heterocycles. The second-order valence-electron chi connectivity index (χ2n) is 5.34. The number of hydrogen-bond acceptors (Lipinski definition) is 4. The summed E-state index contributed by atoms with van der Waals surface area (Å²) in [5.74, 6) is 0.111. The molecule has 0 aliphatic rings. The third-order valence-corrected chi connectivity index (χ3v) is 3.41. The van der Waals surface area contributed by atoms with Crippen LogP contribution in [0.25, 0.3) is 10.9 Å². The number of carbonyl (C=O) groups excluding carboxylic acids is 1. The van der Waals surface area contributed by atoms with E-state index >= 15 is 0 Å². The fourth-order valence-corrected chi connectivity index (χ4v) is 2.35. The van der Waals surface area contributed by atoms with Crippen LogP contribution in [0.2, 0.25) is 0 Å². The number of halogens is 3. The number of anilines is 3. The second-order valence-corrected chi connectivity index (χ2v) is 5.34. The molecule has 0 spiro atoms. The molecule has 0 aliphatic carbocycles. The fraction of sp³-hybridized carbons (Fsp3) is 0.118. The summed E-state index contributed by atoms with van der Waals surface area (Å²) < 4.78 is 38.5. The highest BCUT2D eigenvalue weighted by molar-refractivity contribution is 5.96. The second kappa shape index (κ2) is 6.39. The summed E-state index contributed by atoms with van der Waals surface area (Å²) in [6, 6.07) is 9.87. The van der Waals surface area contributed by atoms with E-state index in [-0.39, 0.29) is 11.6 Å². The van der Waals surface area contributed by atoms with E-state index in [9.17, 15) is 18.0 Å². The van der Waals surface area contributed by atoms with E-state index in [4.69, 9.17) is 0 Å². The number of alkyl halides is 3. The Labute approximate surface area is 140 Å². The molecule has 0 atom stereocenters. The molecule has 3 aromatic rings. The molecule has 1 amide bonds. The predicted octanol–water partition coefficient (Wildman–Crippen LogP) is 4.35. The van der Waals surface area contributed by atoms with E-state index < -0.39 is 11.7 Å². The van der Waals surface area contributed by atoms with Crippen molar-refractivity contribution in [1.29, 1.82) is 0 Å². The Kier molecular flexibility index (Phi) is 4.26. The number of rotatable bonds is 3. The average Bonchev–Trinajstić information content (AvgIpc) is 2.54. The minimum absolute atomic E-state index is 0.233. The lowest BCUT2D eigenvalue weighted by atomic mass is 10.1. The van der Waals surface area contributed by atoms with Gasteiger partial charge in [-0.25, -0.2) is 9.97 Å². The van der Waals surface area contributed by atoms with Crippen LogP contribution in [0, 0.1) is 0 Å². The van der Waals surface area contributed by atoms with Crippen LogP contribution >= 0.6 is 0 Å². The molecule has 0 aliphatic heterocycles. The molecular weight excluding hydrogens is 333 g/mol. The highest BCUT2D eigenvalue weighted by Crippen LogP contribution is 2.32. The van der Waals surface area contributed by atoms with Crippen molar-refractivity contribution in [2.24, 2.45) is 0 Å². The highest BCUT2D eigenvalue weighted by atomic mass is 19.4. The van der Waals surface area contributed by atoms with Crippen LogP contribution in [0.3, 0.4) is 0 Å². The van der Waals surface area contributed by atoms with E-state index in [0.29, 0.717) is 22.4 Å². The third-order valence-electron chi connectivity index (χ3n) is 3.41. The Morgan fingerprint density at radius 3 is 2.56 bits per heavy atom. The van der Waals surface area contributed by atoms with Gasteiger partial charge >= 0.3 is 6.18 Å². The molecule has 128 valence electrons. The molecular formula is C17H13F3N4O. The van der Waals surface area contributed by atoms with Gasteiger partial charge in [0.2, 0.25) is 5.91 Å². The van der Waals surface area contributed by atoms with Crippen molar-refractivity contribution in [3.8, 4) is 0 Å². The Morgan fingerprint density at radius 2 is 1.84 bits per heavy atom. The number of carbonyl (C=O) groups is 1. The summed E-state index contributed by atoms with van der Waals surface area (Å²) in [6.45, 7) is 1.38. The molecule has 0 radical (unpaired) electrons. The third kappa shape index (κ3) is 3.85. The first-order chi connectivity index (χ1) is 11.8. The van der Waals surface area contributed by atoms with Gasteiger partial charge < -0.3 is 10.6 Å². The Hall–Kier alpha value is -3.16. The van der Waals surface area contributed by atoms with Gasteiger partial charge in [-0.05, 0) is 36.4 Å². The molecule has 0 bridgehead atoms. The van der Waals surface area contributed by atoms with E-state index in [1.54, 1.807) is 18.2 Å². The van der Waals surface area contributed by atoms with Gasteiger partial charge in [-0.15, -0.1) is 0 Å². The zero-order chi connectivity index (χ0) is 18.0. The number of nitrogens with zero attached hydrogens (tertiary/aromatic N) is 2. The van der Waals surface area contributed by atoms with Gasteiger partial charge in [0, 0.05) is 23.7 Å². The van der Waals surface area contributed by atoms with Crippen molar-refractivity contribution in [3.63, 3.8) is 0 Å². The van der Waals surface area contributed by atoms with Crippen LogP contribution in [-0.2, 0) is 11.0 Å². The van der Waals surface area contributed by atoms with Crippen LogP contribution in [0.15, 0.2) is 48.8 Å². The molecule has 1 aromatic heterocycles. The van der Waals surface area contributed by atoms with Crippen molar-refractivity contribution in [2.45, 2.75) is 13.1 Å². The monoisotopic (exact) mass is 346 g/mol. The van der Waals surface area contributed by atoms with Crippen LogP contribution in [-0.4, -0.2) is 15.9 Å². The number of hydrogen-bond donors (Lipinski definition) is 2. The summed E-state index contributed by atoms with van der Waals surface area (Å²) in [7, 11) is 0. The molecule has 3 rings (SSSR count). The smallest absolute Gasteiger partial charge is 0.340 e. The zero-order valence-electron chi connectivity index (χ0n) is 13.1. The Balaban J connectivity index is 2.00. The Bertz CT molecular complexity index is 941. The summed E-state index contributed by atoms with van der Waals surface area (Å²) >= 11 is 0. The molecule has 25 heavy (non-hydrogen) atoms. The summed E-state index contributed by atoms with van der Waals surface area (Å²) in [4.78, 5) is 19.4. The average molecular weight is 346 g/mol. The summed E-state index contributed by atoms with van der Waals surface area (Å²) in [5, 5.41) is 6.10. The molecule has 0 fully saturated rings. The normalized spacial score (nSPS) is 11.4.